The van der Waals surface area contributed by atoms with Gasteiger partial charge < -0.3 is 19.6 Å². The molecule has 1 amide bonds. The van der Waals surface area contributed by atoms with Crippen molar-refractivity contribution < 1.29 is 9.32 Å². The van der Waals surface area contributed by atoms with Crippen LogP contribution in [-0.2, 0) is 4.79 Å². The molecule has 0 saturated carbocycles. The Bertz CT molecular complexity index is 419. The first-order valence-electron chi connectivity index (χ1n) is 6.77. The molecule has 0 aromatic carbocycles. The van der Waals surface area contributed by atoms with Gasteiger partial charge in [-0.3, -0.25) is 4.79 Å². The Kier molecular flexibility index (Phi) is 4.93. The first-order valence-corrected chi connectivity index (χ1v) is 6.77. The number of hydrogen-bond donors (Lipinski definition) is 1. The third-order valence-corrected chi connectivity index (χ3v) is 3.36. The number of hydrogen-bond acceptors (Lipinski definition) is 5. The first kappa shape index (κ1) is 14.0. The number of nitrogens with zero attached hydrogens (tertiary/aromatic N) is 3. The van der Waals surface area contributed by atoms with Gasteiger partial charge in [-0.2, -0.15) is 0 Å². The molecule has 0 spiro atoms. The predicted octanol–water partition coefficient (Wildman–Crippen LogP) is 0.949. The zero-order valence-corrected chi connectivity index (χ0v) is 11.7. The largest absolute Gasteiger partial charge is 0.360 e. The molecule has 1 aliphatic rings. The van der Waals surface area contributed by atoms with Gasteiger partial charge in [-0.15, -0.1) is 0 Å². The zero-order valence-electron chi connectivity index (χ0n) is 11.7. The topological polar surface area (TPSA) is 61.6 Å². The van der Waals surface area contributed by atoms with Crippen molar-refractivity contribution in [1.29, 1.82) is 0 Å². The molecular formula is C13H22N4O2. The lowest BCUT2D eigenvalue weighted by Gasteiger charge is -2.19. The van der Waals surface area contributed by atoms with Crippen molar-refractivity contribution in [2.24, 2.45) is 0 Å². The molecule has 6 nitrogen and oxygen atoms in total. The molecule has 0 aliphatic carbocycles. The van der Waals surface area contributed by atoms with E-state index in [1.165, 1.54) is 6.42 Å². The summed E-state index contributed by atoms with van der Waals surface area (Å²) >= 11 is 0. The van der Waals surface area contributed by atoms with E-state index in [-0.39, 0.29) is 5.91 Å². The summed E-state index contributed by atoms with van der Waals surface area (Å²) < 4.78 is 4.91. The highest BCUT2D eigenvalue weighted by Crippen LogP contribution is 2.08. The van der Waals surface area contributed by atoms with Gasteiger partial charge in [0, 0.05) is 32.1 Å². The molecule has 0 atom stereocenters. The number of amides is 1. The third-order valence-electron chi connectivity index (χ3n) is 3.36. The summed E-state index contributed by atoms with van der Waals surface area (Å²) in [6.07, 6.45) is 1.66. The SMILES string of the molecule is Cc1cc(NC(=O)CCN2CCCN(C)CC2)no1. The van der Waals surface area contributed by atoms with Crippen molar-refractivity contribution in [2.75, 3.05) is 45.1 Å². The number of rotatable bonds is 4. The fraction of sp³-hybridized carbons (Fsp3) is 0.692. The van der Waals surface area contributed by atoms with Gasteiger partial charge in [0.2, 0.25) is 5.91 Å². The summed E-state index contributed by atoms with van der Waals surface area (Å²) in [7, 11) is 2.14. The number of nitrogens with one attached hydrogen (secondary N) is 1. The van der Waals surface area contributed by atoms with Crippen molar-refractivity contribution in [2.45, 2.75) is 19.8 Å². The van der Waals surface area contributed by atoms with Crippen molar-refractivity contribution >= 4 is 11.7 Å². The second kappa shape index (κ2) is 6.68. The molecule has 0 radical (unpaired) electrons. The summed E-state index contributed by atoms with van der Waals surface area (Å²) in [6, 6.07) is 1.72. The number of anilines is 1. The van der Waals surface area contributed by atoms with E-state index in [1.54, 1.807) is 13.0 Å². The zero-order chi connectivity index (χ0) is 13.7. The molecule has 19 heavy (non-hydrogen) atoms. The molecule has 1 aliphatic heterocycles. The number of carbonyl (C=O) groups excluding carboxylic acids is 1. The molecule has 106 valence electrons. The predicted molar refractivity (Wildman–Crippen MR) is 73.0 cm³/mol. The Morgan fingerprint density at radius 2 is 2.26 bits per heavy atom. The van der Waals surface area contributed by atoms with Crippen molar-refractivity contribution in [3.05, 3.63) is 11.8 Å². The van der Waals surface area contributed by atoms with E-state index in [2.05, 4.69) is 27.3 Å². The van der Waals surface area contributed by atoms with Crippen LogP contribution in [0, 0.1) is 6.92 Å². The Morgan fingerprint density at radius 1 is 1.42 bits per heavy atom. The molecule has 1 N–H and O–H groups in total. The molecular weight excluding hydrogens is 244 g/mol. The van der Waals surface area contributed by atoms with Gasteiger partial charge in [0.25, 0.3) is 0 Å². The maximum absolute atomic E-state index is 11.8. The van der Waals surface area contributed by atoms with Crippen LogP contribution < -0.4 is 5.32 Å². The van der Waals surface area contributed by atoms with Crippen molar-refractivity contribution in [1.82, 2.24) is 15.0 Å². The molecule has 0 unspecified atom stereocenters. The maximum atomic E-state index is 11.8. The number of aryl methyl sites for hydroxylation is 1. The van der Waals surface area contributed by atoms with Crippen LogP contribution in [0.3, 0.4) is 0 Å². The normalized spacial score (nSPS) is 18.2. The Hall–Kier alpha value is -1.40. The molecule has 1 saturated heterocycles. The lowest BCUT2D eigenvalue weighted by Crippen LogP contribution is -2.31. The number of likely N-dealkylation sites (N-methyl/N-ethyl adjacent to an activating group) is 1. The third kappa shape index (κ3) is 4.65. The van der Waals surface area contributed by atoms with Crippen LogP contribution in [0.4, 0.5) is 5.82 Å². The Morgan fingerprint density at radius 3 is 3.00 bits per heavy atom. The minimum Gasteiger partial charge on any atom is -0.360 e. The summed E-state index contributed by atoms with van der Waals surface area (Å²) in [4.78, 5) is 16.5. The quantitative estimate of drug-likeness (QED) is 0.879. The van der Waals surface area contributed by atoms with Gasteiger partial charge in [-0.05, 0) is 33.5 Å². The van der Waals surface area contributed by atoms with E-state index >= 15 is 0 Å². The van der Waals surface area contributed by atoms with Crippen LogP contribution in [0.15, 0.2) is 10.6 Å². The Labute approximate surface area is 113 Å². The van der Waals surface area contributed by atoms with E-state index in [0.29, 0.717) is 18.0 Å². The summed E-state index contributed by atoms with van der Waals surface area (Å²) in [5, 5.41) is 6.49. The highest BCUT2D eigenvalue weighted by molar-refractivity contribution is 5.89. The number of aromatic nitrogens is 1. The average Bonchev–Trinajstić information content (AvgIpc) is 2.65. The second-order valence-electron chi connectivity index (χ2n) is 5.12. The van der Waals surface area contributed by atoms with Crippen molar-refractivity contribution in [3.63, 3.8) is 0 Å². The lowest BCUT2D eigenvalue weighted by molar-refractivity contribution is -0.116. The van der Waals surface area contributed by atoms with Crippen molar-refractivity contribution in [3.8, 4) is 0 Å². The second-order valence-corrected chi connectivity index (χ2v) is 5.12. The monoisotopic (exact) mass is 266 g/mol. The molecule has 1 aromatic heterocycles. The van der Waals surface area contributed by atoms with E-state index < -0.39 is 0 Å². The highest BCUT2D eigenvalue weighted by atomic mass is 16.5. The smallest absolute Gasteiger partial charge is 0.226 e. The van der Waals surface area contributed by atoms with E-state index in [4.69, 9.17) is 4.52 Å². The fourth-order valence-corrected chi connectivity index (χ4v) is 2.21. The molecule has 2 heterocycles. The lowest BCUT2D eigenvalue weighted by atomic mass is 10.3. The van der Waals surface area contributed by atoms with Crippen LogP contribution in [0.1, 0.15) is 18.6 Å². The van der Waals surface area contributed by atoms with Crippen LogP contribution >= 0.6 is 0 Å². The van der Waals surface area contributed by atoms with E-state index in [0.717, 1.165) is 32.7 Å². The van der Waals surface area contributed by atoms with Gasteiger partial charge in [0.15, 0.2) is 5.82 Å². The van der Waals surface area contributed by atoms with Gasteiger partial charge in [-0.25, -0.2) is 0 Å². The van der Waals surface area contributed by atoms with Gasteiger partial charge in [0.05, 0.1) is 0 Å². The average molecular weight is 266 g/mol. The molecule has 1 aromatic rings. The standard InChI is InChI=1S/C13H22N4O2/c1-11-10-12(15-19-11)14-13(18)4-7-17-6-3-5-16(2)8-9-17/h10H,3-9H2,1-2H3,(H,14,15,18). The van der Waals surface area contributed by atoms with Crippen LogP contribution in [0.5, 0.6) is 0 Å². The summed E-state index contributed by atoms with van der Waals surface area (Å²) in [5.74, 6) is 1.19. The molecule has 0 bridgehead atoms. The van der Waals surface area contributed by atoms with E-state index in [9.17, 15) is 4.79 Å². The molecule has 2 rings (SSSR count). The van der Waals surface area contributed by atoms with Crippen LogP contribution in [0.25, 0.3) is 0 Å². The fourth-order valence-electron chi connectivity index (χ4n) is 2.21. The van der Waals surface area contributed by atoms with Crippen LogP contribution in [-0.4, -0.2) is 60.6 Å². The molecule has 1 fully saturated rings. The molecule has 6 heteroatoms. The summed E-state index contributed by atoms with van der Waals surface area (Å²) in [5.41, 5.74) is 0. The first-order chi connectivity index (χ1) is 9.13. The van der Waals surface area contributed by atoms with E-state index in [1.807, 2.05) is 0 Å². The van der Waals surface area contributed by atoms with Gasteiger partial charge in [0.1, 0.15) is 5.76 Å². The minimum absolute atomic E-state index is 0.00842. The van der Waals surface area contributed by atoms with Gasteiger partial charge >= 0.3 is 0 Å². The Balaban J connectivity index is 1.71. The highest BCUT2D eigenvalue weighted by Gasteiger charge is 2.13. The minimum atomic E-state index is -0.00842. The van der Waals surface area contributed by atoms with Gasteiger partial charge in [-0.1, -0.05) is 5.16 Å². The maximum Gasteiger partial charge on any atom is 0.226 e. The summed E-state index contributed by atoms with van der Waals surface area (Å²) in [6.45, 7) is 6.92. The van der Waals surface area contributed by atoms with Crippen LogP contribution in [0.2, 0.25) is 0 Å². The number of carbonyl (C=O) groups is 1.